The lowest BCUT2D eigenvalue weighted by Gasteiger charge is -2.05. The Morgan fingerprint density at radius 1 is 1.32 bits per heavy atom. The van der Waals surface area contributed by atoms with Crippen LogP contribution in [0.4, 0.5) is 5.69 Å². The lowest BCUT2D eigenvalue weighted by atomic mass is 10.2. The summed E-state index contributed by atoms with van der Waals surface area (Å²) >= 11 is 1.36. The number of carbonyl (C=O) groups excluding carboxylic acids is 2. The summed E-state index contributed by atoms with van der Waals surface area (Å²) in [4.78, 5) is 28.7. The molecule has 114 valence electrons. The summed E-state index contributed by atoms with van der Waals surface area (Å²) in [5.74, 6) is 0.128. The van der Waals surface area contributed by atoms with Crippen LogP contribution in [-0.2, 0) is 4.79 Å². The summed E-state index contributed by atoms with van der Waals surface area (Å²) in [7, 11) is 1.61. The van der Waals surface area contributed by atoms with E-state index in [0.717, 1.165) is 29.1 Å². The van der Waals surface area contributed by atoms with E-state index in [0.29, 0.717) is 10.6 Å². The Labute approximate surface area is 132 Å². The Balaban J connectivity index is 1.85. The van der Waals surface area contributed by atoms with Crippen LogP contribution in [0.25, 0.3) is 10.6 Å². The number of rotatable bonds is 4. The van der Waals surface area contributed by atoms with Crippen molar-refractivity contribution in [1.29, 1.82) is 0 Å². The van der Waals surface area contributed by atoms with Crippen molar-refractivity contribution < 1.29 is 9.59 Å². The van der Waals surface area contributed by atoms with Crippen molar-refractivity contribution in [2.24, 2.45) is 5.92 Å². The highest BCUT2D eigenvalue weighted by molar-refractivity contribution is 7.17. The number of amides is 2. The van der Waals surface area contributed by atoms with Gasteiger partial charge >= 0.3 is 0 Å². The summed E-state index contributed by atoms with van der Waals surface area (Å²) in [5, 5.41) is 6.32. The van der Waals surface area contributed by atoms with E-state index >= 15 is 0 Å². The van der Waals surface area contributed by atoms with Crippen LogP contribution in [0.15, 0.2) is 24.3 Å². The number of benzene rings is 1. The highest BCUT2D eigenvalue weighted by atomic mass is 32.1. The third-order valence-corrected chi connectivity index (χ3v) is 4.76. The molecule has 6 heteroatoms. The third kappa shape index (κ3) is 3.01. The molecule has 1 saturated carbocycles. The van der Waals surface area contributed by atoms with Gasteiger partial charge in [-0.15, -0.1) is 11.3 Å². The van der Waals surface area contributed by atoms with E-state index in [1.54, 1.807) is 7.05 Å². The Bertz CT molecular complexity index is 735. The van der Waals surface area contributed by atoms with Crippen LogP contribution in [0.1, 0.15) is 28.2 Å². The molecule has 1 aliphatic carbocycles. The first kappa shape index (κ1) is 14.7. The molecule has 3 rings (SSSR count). The smallest absolute Gasteiger partial charge is 0.263 e. The molecular formula is C16H17N3O2S. The van der Waals surface area contributed by atoms with Crippen LogP contribution in [0.3, 0.4) is 0 Å². The number of hydrogen-bond donors (Lipinski definition) is 2. The van der Waals surface area contributed by atoms with E-state index in [-0.39, 0.29) is 17.7 Å². The molecule has 0 spiro atoms. The molecule has 1 aromatic carbocycles. The van der Waals surface area contributed by atoms with Crippen molar-refractivity contribution >= 4 is 28.8 Å². The number of aryl methyl sites for hydroxylation is 1. The molecule has 1 aromatic heterocycles. The maximum atomic E-state index is 11.8. The van der Waals surface area contributed by atoms with Crippen molar-refractivity contribution in [3.63, 3.8) is 0 Å². The fraction of sp³-hybridized carbons (Fsp3) is 0.312. The van der Waals surface area contributed by atoms with Gasteiger partial charge in [-0.25, -0.2) is 4.98 Å². The second-order valence-electron chi connectivity index (χ2n) is 5.36. The minimum absolute atomic E-state index is 0.0820. The van der Waals surface area contributed by atoms with Crippen LogP contribution >= 0.6 is 11.3 Å². The molecule has 2 N–H and O–H groups in total. The lowest BCUT2D eigenvalue weighted by molar-refractivity contribution is -0.117. The first-order valence-corrected chi connectivity index (χ1v) is 8.01. The Kier molecular flexibility index (Phi) is 3.94. The zero-order valence-electron chi connectivity index (χ0n) is 12.5. The molecule has 1 fully saturated rings. The largest absolute Gasteiger partial charge is 0.354 e. The second kappa shape index (κ2) is 5.88. The molecule has 0 aliphatic heterocycles. The van der Waals surface area contributed by atoms with Gasteiger partial charge in [0.1, 0.15) is 9.88 Å². The first-order chi connectivity index (χ1) is 10.6. The van der Waals surface area contributed by atoms with Crippen LogP contribution in [0.5, 0.6) is 0 Å². The summed E-state index contributed by atoms with van der Waals surface area (Å²) in [6, 6.07) is 7.57. The molecule has 1 heterocycles. The first-order valence-electron chi connectivity index (χ1n) is 7.19. The Hall–Kier alpha value is -2.21. The number of aromatic nitrogens is 1. The molecule has 0 radical (unpaired) electrons. The number of carbonyl (C=O) groups is 2. The zero-order chi connectivity index (χ0) is 15.7. The van der Waals surface area contributed by atoms with E-state index in [9.17, 15) is 9.59 Å². The summed E-state index contributed by atoms with van der Waals surface area (Å²) < 4.78 is 0. The van der Waals surface area contributed by atoms with E-state index < -0.39 is 0 Å². The van der Waals surface area contributed by atoms with Gasteiger partial charge in [-0.05, 0) is 31.9 Å². The van der Waals surface area contributed by atoms with Gasteiger partial charge in [0.25, 0.3) is 5.91 Å². The minimum Gasteiger partial charge on any atom is -0.354 e. The van der Waals surface area contributed by atoms with Crippen LogP contribution in [-0.4, -0.2) is 23.8 Å². The average molecular weight is 315 g/mol. The topological polar surface area (TPSA) is 71.1 Å². The van der Waals surface area contributed by atoms with Crippen LogP contribution in [0.2, 0.25) is 0 Å². The van der Waals surface area contributed by atoms with Gasteiger partial charge in [-0.2, -0.15) is 0 Å². The fourth-order valence-corrected chi connectivity index (χ4v) is 3.17. The van der Waals surface area contributed by atoms with Gasteiger partial charge in [-0.1, -0.05) is 12.1 Å². The molecule has 0 atom stereocenters. The maximum Gasteiger partial charge on any atom is 0.263 e. The van der Waals surface area contributed by atoms with E-state index in [4.69, 9.17) is 0 Å². The Morgan fingerprint density at radius 2 is 2.09 bits per heavy atom. The highest BCUT2D eigenvalue weighted by Crippen LogP contribution is 2.32. The zero-order valence-corrected chi connectivity index (χ0v) is 13.3. The summed E-state index contributed by atoms with van der Waals surface area (Å²) in [6.07, 6.45) is 1.96. The number of hydrogen-bond acceptors (Lipinski definition) is 4. The molecule has 2 aromatic rings. The van der Waals surface area contributed by atoms with Gasteiger partial charge in [0, 0.05) is 24.2 Å². The average Bonchev–Trinajstić information content (AvgIpc) is 3.29. The molecule has 5 nitrogen and oxygen atoms in total. The molecule has 0 bridgehead atoms. The molecule has 1 aliphatic rings. The summed E-state index contributed by atoms with van der Waals surface area (Å²) in [6.45, 7) is 1.82. The molecular weight excluding hydrogens is 298 g/mol. The van der Waals surface area contributed by atoms with Crippen LogP contribution < -0.4 is 10.6 Å². The predicted molar refractivity (Wildman–Crippen MR) is 87.0 cm³/mol. The van der Waals surface area contributed by atoms with Crippen molar-refractivity contribution in [2.45, 2.75) is 19.8 Å². The van der Waals surface area contributed by atoms with Gasteiger partial charge in [0.15, 0.2) is 0 Å². The minimum atomic E-state index is -0.126. The third-order valence-electron chi connectivity index (χ3n) is 3.56. The van der Waals surface area contributed by atoms with Gasteiger partial charge < -0.3 is 10.6 Å². The Morgan fingerprint density at radius 3 is 2.77 bits per heavy atom. The van der Waals surface area contributed by atoms with Crippen molar-refractivity contribution in [3.8, 4) is 10.6 Å². The number of nitrogens with zero attached hydrogens (tertiary/aromatic N) is 1. The normalized spacial score (nSPS) is 13.7. The van der Waals surface area contributed by atoms with Crippen LogP contribution in [0, 0.1) is 12.8 Å². The van der Waals surface area contributed by atoms with E-state index in [1.165, 1.54) is 11.3 Å². The number of nitrogens with one attached hydrogen (secondary N) is 2. The molecule has 22 heavy (non-hydrogen) atoms. The fourth-order valence-electron chi connectivity index (χ4n) is 2.16. The van der Waals surface area contributed by atoms with Gasteiger partial charge in [-0.3, -0.25) is 9.59 Å². The van der Waals surface area contributed by atoms with Gasteiger partial charge in [0.05, 0.1) is 5.69 Å². The predicted octanol–water partition coefficient (Wildman–Crippen LogP) is 2.83. The van der Waals surface area contributed by atoms with E-state index in [1.807, 2.05) is 31.2 Å². The van der Waals surface area contributed by atoms with E-state index in [2.05, 4.69) is 15.6 Å². The molecule has 0 unspecified atom stereocenters. The number of thiazole rings is 1. The number of anilines is 1. The second-order valence-corrected chi connectivity index (χ2v) is 6.36. The SMILES string of the molecule is CNC(=O)c1sc(-c2cccc(NC(=O)C3CC3)c2)nc1C. The molecule has 2 amide bonds. The standard InChI is InChI=1S/C16H17N3O2S/c1-9-13(15(21)17-2)22-16(18-9)11-4-3-5-12(8-11)19-14(20)10-6-7-10/h3-5,8,10H,6-7H2,1-2H3,(H,17,21)(H,19,20). The van der Waals surface area contributed by atoms with Crippen molar-refractivity contribution in [1.82, 2.24) is 10.3 Å². The summed E-state index contributed by atoms with van der Waals surface area (Å²) in [5.41, 5.74) is 2.38. The van der Waals surface area contributed by atoms with Crippen molar-refractivity contribution in [3.05, 3.63) is 34.8 Å². The van der Waals surface area contributed by atoms with Gasteiger partial charge in [0.2, 0.25) is 5.91 Å². The maximum absolute atomic E-state index is 11.8. The highest BCUT2D eigenvalue weighted by Gasteiger charge is 2.29. The van der Waals surface area contributed by atoms with Crippen molar-refractivity contribution in [2.75, 3.05) is 12.4 Å². The monoisotopic (exact) mass is 315 g/mol. The lowest BCUT2D eigenvalue weighted by Crippen LogP contribution is -2.17. The molecule has 0 saturated heterocycles. The quantitative estimate of drug-likeness (QED) is 0.911.